The van der Waals surface area contributed by atoms with E-state index in [-0.39, 0.29) is 5.75 Å². The quantitative estimate of drug-likeness (QED) is 0.821. The third kappa shape index (κ3) is 2.50. The van der Waals surface area contributed by atoms with E-state index in [9.17, 15) is 9.50 Å². The number of hydrogen-bond acceptors (Lipinski definition) is 2. The Morgan fingerprint density at radius 1 is 1.43 bits per heavy atom. The van der Waals surface area contributed by atoms with Crippen molar-refractivity contribution in [3.05, 3.63) is 29.6 Å². The van der Waals surface area contributed by atoms with Crippen LogP contribution in [0.25, 0.3) is 0 Å². The summed E-state index contributed by atoms with van der Waals surface area (Å²) in [6.07, 6.45) is -1.05. The van der Waals surface area contributed by atoms with Gasteiger partial charge in [0.05, 0.1) is 7.11 Å². The van der Waals surface area contributed by atoms with E-state index in [0.29, 0.717) is 5.56 Å². The van der Waals surface area contributed by atoms with Crippen LogP contribution >= 0.6 is 23.2 Å². The molecule has 0 radical (unpaired) electrons. The zero-order valence-corrected chi connectivity index (χ0v) is 8.89. The second-order valence-corrected chi connectivity index (χ2v) is 3.84. The van der Waals surface area contributed by atoms with Crippen LogP contribution in [-0.4, -0.2) is 17.1 Å². The Kier molecular flexibility index (Phi) is 3.98. The predicted molar refractivity (Wildman–Crippen MR) is 53.4 cm³/mol. The van der Waals surface area contributed by atoms with Gasteiger partial charge in [0.1, 0.15) is 10.9 Å². The summed E-state index contributed by atoms with van der Waals surface area (Å²) in [6.45, 7) is 0. The van der Waals surface area contributed by atoms with Crippen molar-refractivity contribution in [3.63, 3.8) is 0 Å². The third-order valence-electron chi connectivity index (χ3n) is 1.76. The molecule has 0 saturated heterocycles. The number of hydrogen-bond donors (Lipinski definition) is 1. The molecule has 1 aromatic rings. The average Bonchev–Trinajstić information content (AvgIpc) is 2.17. The van der Waals surface area contributed by atoms with Gasteiger partial charge in [-0.25, -0.2) is 4.39 Å². The highest BCUT2D eigenvalue weighted by molar-refractivity contribution is 6.44. The molecule has 1 unspecified atom stereocenters. The standard InChI is InChI=1S/C9H9Cl2FO2/c1-14-7-4-5(2-3-6(7)12)8(13)9(10)11/h2-4,8-9,13H,1H3. The summed E-state index contributed by atoms with van der Waals surface area (Å²) in [5, 5.41) is 9.47. The van der Waals surface area contributed by atoms with Crippen molar-refractivity contribution in [2.24, 2.45) is 0 Å². The van der Waals surface area contributed by atoms with E-state index in [1.807, 2.05) is 0 Å². The molecule has 14 heavy (non-hydrogen) atoms. The Labute approximate surface area is 91.2 Å². The number of alkyl halides is 2. The molecule has 0 amide bonds. The van der Waals surface area contributed by atoms with Gasteiger partial charge < -0.3 is 9.84 Å². The fraction of sp³-hybridized carbons (Fsp3) is 0.333. The molecule has 1 N–H and O–H groups in total. The lowest BCUT2D eigenvalue weighted by molar-refractivity contribution is 0.192. The second kappa shape index (κ2) is 4.82. The van der Waals surface area contributed by atoms with Gasteiger partial charge in [0.25, 0.3) is 0 Å². The molecule has 2 nitrogen and oxygen atoms in total. The van der Waals surface area contributed by atoms with Crippen molar-refractivity contribution in [1.82, 2.24) is 0 Å². The van der Waals surface area contributed by atoms with Crippen LogP contribution in [0.2, 0.25) is 0 Å². The van der Waals surface area contributed by atoms with Gasteiger partial charge in [-0.1, -0.05) is 6.07 Å². The first kappa shape index (κ1) is 11.6. The molecule has 1 rings (SSSR count). The molecule has 0 spiro atoms. The van der Waals surface area contributed by atoms with Crippen molar-refractivity contribution in [1.29, 1.82) is 0 Å². The van der Waals surface area contributed by atoms with Crippen LogP contribution in [0, 0.1) is 5.82 Å². The van der Waals surface area contributed by atoms with Gasteiger partial charge in [0, 0.05) is 0 Å². The summed E-state index contributed by atoms with van der Waals surface area (Å²) in [7, 11) is 1.34. The number of rotatable bonds is 3. The van der Waals surface area contributed by atoms with Crippen LogP contribution in [-0.2, 0) is 0 Å². The molecule has 0 aliphatic heterocycles. The fourth-order valence-corrected chi connectivity index (χ4v) is 1.30. The second-order valence-electron chi connectivity index (χ2n) is 2.67. The van der Waals surface area contributed by atoms with Crippen molar-refractivity contribution >= 4 is 23.2 Å². The normalized spacial score (nSPS) is 13.0. The number of halogens is 3. The van der Waals surface area contributed by atoms with Gasteiger partial charge in [0.15, 0.2) is 11.6 Å². The molecule has 0 aliphatic carbocycles. The number of methoxy groups -OCH3 is 1. The van der Waals surface area contributed by atoms with Crippen LogP contribution in [0.5, 0.6) is 5.75 Å². The zero-order chi connectivity index (χ0) is 10.7. The van der Waals surface area contributed by atoms with Crippen LogP contribution in [0.4, 0.5) is 4.39 Å². The average molecular weight is 239 g/mol. The Hall–Kier alpha value is -0.510. The van der Waals surface area contributed by atoms with E-state index in [1.54, 1.807) is 0 Å². The Balaban J connectivity index is 3.00. The topological polar surface area (TPSA) is 29.5 Å². The summed E-state index contributed by atoms with van der Waals surface area (Å²) in [4.78, 5) is -0.954. The number of ether oxygens (including phenoxy) is 1. The minimum Gasteiger partial charge on any atom is -0.494 e. The van der Waals surface area contributed by atoms with Crippen LogP contribution in [0.1, 0.15) is 11.7 Å². The fourth-order valence-electron chi connectivity index (χ4n) is 1.01. The van der Waals surface area contributed by atoms with Gasteiger partial charge in [-0.2, -0.15) is 0 Å². The van der Waals surface area contributed by atoms with E-state index < -0.39 is 16.8 Å². The molecule has 0 heterocycles. The molecule has 0 aliphatic rings. The molecule has 0 aromatic heterocycles. The highest BCUT2D eigenvalue weighted by atomic mass is 35.5. The summed E-state index contributed by atoms with van der Waals surface area (Å²) in [6, 6.07) is 3.95. The first-order chi connectivity index (χ1) is 6.56. The summed E-state index contributed by atoms with van der Waals surface area (Å²) < 4.78 is 17.7. The SMILES string of the molecule is COc1cc(C(O)C(Cl)Cl)ccc1F. The minimum absolute atomic E-state index is 0.0514. The van der Waals surface area contributed by atoms with Gasteiger partial charge in [-0.05, 0) is 17.7 Å². The highest BCUT2D eigenvalue weighted by Gasteiger charge is 2.17. The highest BCUT2D eigenvalue weighted by Crippen LogP contribution is 2.27. The number of aliphatic hydroxyl groups excluding tert-OH is 1. The minimum atomic E-state index is -1.05. The van der Waals surface area contributed by atoms with Gasteiger partial charge in [0.2, 0.25) is 0 Å². The molecule has 1 atom stereocenters. The van der Waals surface area contributed by atoms with Gasteiger partial charge >= 0.3 is 0 Å². The van der Waals surface area contributed by atoms with Gasteiger partial charge in [-0.15, -0.1) is 23.2 Å². The van der Waals surface area contributed by atoms with Crippen LogP contribution in [0.3, 0.4) is 0 Å². The molecule has 0 fully saturated rings. The number of benzene rings is 1. The van der Waals surface area contributed by atoms with Crippen molar-refractivity contribution in [2.75, 3.05) is 7.11 Å². The molecule has 0 bridgehead atoms. The lowest BCUT2D eigenvalue weighted by Crippen LogP contribution is -2.06. The molecule has 0 saturated carbocycles. The largest absolute Gasteiger partial charge is 0.494 e. The van der Waals surface area contributed by atoms with Crippen molar-refractivity contribution < 1.29 is 14.2 Å². The Morgan fingerprint density at radius 2 is 2.07 bits per heavy atom. The van der Waals surface area contributed by atoms with Crippen LogP contribution in [0.15, 0.2) is 18.2 Å². The lowest BCUT2D eigenvalue weighted by atomic mass is 10.1. The molecular formula is C9H9Cl2FO2. The van der Waals surface area contributed by atoms with E-state index >= 15 is 0 Å². The predicted octanol–water partition coefficient (Wildman–Crippen LogP) is 2.67. The van der Waals surface area contributed by atoms with Crippen LogP contribution < -0.4 is 4.74 Å². The molecule has 78 valence electrons. The summed E-state index contributed by atoms with van der Waals surface area (Å²) in [5.41, 5.74) is 0.415. The van der Waals surface area contributed by atoms with Gasteiger partial charge in [-0.3, -0.25) is 0 Å². The maximum absolute atomic E-state index is 13.0. The van der Waals surface area contributed by atoms with E-state index in [2.05, 4.69) is 0 Å². The lowest BCUT2D eigenvalue weighted by Gasteiger charge is -2.12. The monoisotopic (exact) mass is 238 g/mol. The number of aliphatic hydroxyl groups is 1. The molecule has 1 aromatic carbocycles. The summed E-state index contributed by atoms with van der Waals surface area (Å²) >= 11 is 11.0. The first-order valence-corrected chi connectivity index (χ1v) is 4.73. The Bertz CT molecular complexity index is 318. The van der Waals surface area contributed by atoms with E-state index in [1.165, 1.54) is 25.3 Å². The van der Waals surface area contributed by atoms with Crippen molar-refractivity contribution in [2.45, 2.75) is 10.9 Å². The molecule has 5 heteroatoms. The van der Waals surface area contributed by atoms with Crippen molar-refractivity contribution in [3.8, 4) is 5.75 Å². The maximum Gasteiger partial charge on any atom is 0.165 e. The third-order valence-corrected chi connectivity index (χ3v) is 2.23. The first-order valence-electron chi connectivity index (χ1n) is 3.86. The maximum atomic E-state index is 13.0. The Morgan fingerprint density at radius 3 is 2.57 bits per heavy atom. The smallest absolute Gasteiger partial charge is 0.165 e. The molecular weight excluding hydrogens is 230 g/mol. The summed E-state index contributed by atoms with van der Waals surface area (Å²) in [5.74, 6) is -0.445. The zero-order valence-electron chi connectivity index (χ0n) is 7.38. The van der Waals surface area contributed by atoms with E-state index in [4.69, 9.17) is 27.9 Å². The van der Waals surface area contributed by atoms with E-state index in [0.717, 1.165) is 0 Å².